The predicted octanol–water partition coefficient (Wildman–Crippen LogP) is 4.13. The van der Waals surface area contributed by atoms with Gasteiger partial charge in [-0.3, -0.25) is 4.79 Å². The van der Waals surface area contributed by atoms with Crippen LogP contribution >= 0.6 is 27.7 Å². The van der Waals surface area contributed by atoms with Crippen LogP contribution in [0.15, 0.2) is 51.1 Å². The Kier molecular flexibility index (Phi) is 8.23. The zero-order valence-corrected chi connectivity index (χ0v) is 20.0. The maximum atomic E-state index is 13.7. The number of hydrazone groups is 1. The molecule has 0 saturated heterocycles. The Labute approximate surface area is 197 Å². The van der Waals surface area contributed by atoms with Gasteiger partial charge in [-0.05, 0) is 43.3 Å². The molecule has 1 heterocycles. The lowest BCUT2D eigenvalue weighted by atomic mass is 10.2. The second kappa shape index (κ2) is 11.1. The quantitative estimate of drug-likeness (QED) is 0.258. The maximum absolute atomic E-state index is 13.7. The van der Waals surface area contributed by atoms with E-state index in [-0.39, 0.29) is 17.2 Å². The van der Waals surface area contributed by atoms with Gasteiger partial charge in [0.05, 0.1) is 26.2 Å². The number of hydrogen-bond donors (Lipinski definition) is 1. The highest BCUT2D eigenvalue weighted by molar-refractivity contribution is 9.10. The van der Waals surface area contributed by atoms with Crippen molar-refractivity contribution in [3.63, 3.8) is 0 Å². The van der Waals surface area contributed by atoms with Crippen LogP contribution in [-0.2, 0) is 11.3 Å². The van der Waals surface area contributed by atoms with E-state index in [9.17, 15) is 9.18 Å². The van der Waals surface area contributed by atoms with E-state index in [0.717, 1.165) is 5.56 Å². The number of rotatable bonds is 9. The van der Waals surface area contributed by atoms with E-state index in [0.29, 0.717) is 33.5 Å². The number of thioether (sulfide) groups is 1. The second-order valence-corrected chi connectivity index (χ2v) is 8.23. The van der Waals surface area contributed by atoms with Gasteiger partial charge in [0.25, 0.3) is 5.91 Å². The zero-order valence-electron chi connectivity index (χ0n) is 17.6. The van der Waals surface area contributed by atoms with E-state index in [2.05, 4.69) is 36.7 Å². The summed E-state index contributed by atoms with van der Waals surface area (Å²) in [7, 11) is 3.14. The first-order valence-electron chi connectivity index (χ1n) is 9.52. The molecule has 0 radical (unpaired) electrons. The van der Waals surface area contributed by atoms with Crippen molar-refractivity contribution in [2.75, 3.05) is 20.0 Å². The minimum absolute atomic E-state index is 0.0718. The van der Waals surface area contributed by atoms with Gasteiger partial charge in [-0.1, -0.05) is 27.7 Å². The molecular formula is C21H21BrFN5O3S. The Balaban J connectivity index is 1.66. The van der Waals surface area contributed by atoms with E-state index >= 15 is 0 Å². The third-order valence-electron chi connectivity index (χ3n) is 4.36. The lowest BCUT2D eigenvalue weighted by molar-refractivity contribution is -0.118. The van der Waals surface area contributed by atoms with Crippen LogP contribution in [0.1, 0.15) is 12.5 Å². The van der Waals surface area contributed by atoms with E-state index in [1.807, 2.05) is 23.6 Å². The molecular weight excluding hydrogens is 501 g/mol. The molecule has 1 aromatic heterocycles. The van der Waals surface area contributed by atoms with E-state index in [4.69, 9.17) is 9.47 Å². The second-order valence-electron chi connectivity index (χ2n) is 6.37. The van der Waals surface area contributed by atoms with Crippen molar-refractivity contribution in [1.29, 1.82) is 0 Å². The molecule has 0 unspecified atom stereocenters. The first kappa shape index (κ1) is 23.7. The highest BCUT2D eigenvalue weighted by Crippen LogP contribution is 2.32. The van der Waals surface area contributed by atoms with Crippen molar-refractivity contribution in [2.45, 2.75) is 18.6 Å². The molecule has 0 fully saturated rings. The van der Waals surface area contributed by atoms with Gasteiger partial charge in [-0.25, -0.2) is 9.82 Å². The molecule has 0 saturated carbocycles. The monoisotopic (exact) mass is 521 g/mol. The Morgan fingerprint density at radius 2 is 2.00 bits per heavy atom. The van der Waals surface area contributed by atoms with Gasteiger partial charge in [0, 0.05) is 22.1 Å². The van der Waals surface area contributed by atoms with Crippen LogP contribution in [0.5, 0.6) is 11.5 Å². The lowest BCUT2D eigenvalue weighted by Gasteiger charge is -2.10. The standard InChI is InChI=1S/C21H21BrFN5O3S/c1-4-28-20(13-5-8-17(30-2)18(10-13)31-3)26-27-21(28)32-12-19(29)25-24-11-14-9-15(22)6-7-16(14)23/h5-11H,4,12H2,1-3H3,(H,25,29). The van der Waals surface area contributed by atoms with E-state index in [1.165, 1.54) is 24.0 Å². The van der Waals surface area contributed by atoms with Crippen molar-refractivity contribution in [1.82, 2.24) is 20.2 Å². The number of hydrogen-bond acceptors (Lipinski definition) is 7. The molecule has 2 aromatic carbocycles. The molecule has 11 heteroatoms. The fourth-order valence-corrected chi connectivity index (χ4v) is 3.99. The normalized spacial score (nSPS) is 11.0. The van der Waals surface area contributed by atoms with Crippen LogP contribution in [-0.4, -0.2) is 46.9 Å². The number of carbonyl (C=O) groups excluding carboxylic acids is 1. The molecule has 32 heavy (non-hydrogen) atoms. The largest absolute Gasteiger partial charge is 0.493 e. The minimum Gasteiger partial charge on any atom is -0.493 e. The van der Waals surface area contributed by atoms with Crippen molar-refractivity contribution in [3.8, 4) is 22.9 Å². The summed E-state index contributed by atoms with van der Waals surface area (Å²) in [4.78, 5) is 12.2. The van der Waals surface area contributed by atoms with Gasteiger partial charge in [-0.15, -0.1) is 10.2 Å². The van der Waals surface area contributed by atoms with Gasteiger partial charge in [0.15, 0.2) is 22.5 Å². The van der Waals surface area contributed by atoms with Crippen LogP contribution in [0.3, 0.4) is 0 Å². The summed E-state index contributed by atoms with van der Waals surface area (Å²) in [6, 6.07) is 9.97. The molecule has 0 bridgehead atoms. The highest BCUT2D eigenvalue weighted by atomic mass is 79.9. The molecule has 0 atom stereocenters. The maximum Gasteiger partial charge on any atom is 0.250 e. The Morgan fingerprint density at radius 1 is 1.22 bits per heavy atom. The zero-order chi connectivity index (χ0) is 23.1. The van der Waals surface area contributed by atoms with Crippen molar-refractivity contribution in [2.24, 2.45) is 5.10 Å². The third-order valence-corrected chi connectivity index (χ3v) is 5.82. The number of nitrogens with zero attached hydrogens (tertiary/aromatic N) is 4. The molecule has 3 rings (SSSR count). The Morgan fingerprint density at radius 3 is 2.72 bits per heavy atom. The predicted molar refractivity (Wildman–Crippen MR) is 125 cm³/mol. The van der Waals surface area contributed by atoms with E-state index in [1.54, 1.807) is 32.4 Å². The summed E-state index contributed by atoms with van der Waals surface area (Å²) in [5.41, 5.74) is 3.47. The first-order valence-corrected chi connectivity index (χ1v) is 11.3. The topological polar surface area (TPSA) is 90.6 Å². The summed E-state index contributed by atoms with van der Waals surface area (Å²) in [6.45, 7) is 2.58. The van der Waals surface area contributed by atoms with Crippen LogP contribution in [0.4, 0.5) is 4.39 Å². The summed E-state index contributed by atoms with van der Waals surface area (Å²) >= 11 is 4.50. The van der Waals surface area contributed by atoms with Crippen LogP contribution < -0.4 is 14.9 Å². The summed E-state index contributed by atoms with van der Waals surface area (Å²) < 4.78 is 27.0. The Hall–Kier alpha value is -2.92. The fraction of sp³-hybridized carbons (Fsp3) is 0.238. The minimum atomic E-state index is -0.431. The number of carbonyl (C=O) groups is 1. The SMILES string of the molecule is CCn1c(SCC(=O)NN=Cc2cc(Br)ccc2F)nnc1-c1ccc(OC)c(OC)c1. The average molecular weight is 522 g/mol. The van der Waals surface area contributed by atoms with E-state index < -0.39 is 5.82 Å². The summed E-state index contributed by atoms with van der Waals surface area (Å²) in [6.07, 6.45) is 1.26. The lowest BCUT2D eigenvalue weighted by Crippen LogP contribution is -2.20. The molecule has 0 spiro atoms. The fourth-order valence-electron chi connectivity index (χ4n) is 2.82. The number of ether oxygens (including phenoxy) is 2. The molecule has 3 aromatic rings. The van der Waals surface area contributed by atoms with Gasteiger partial charge in [0.1, 0.15) is 5.82 Å². The number of benzene rings is 2. The third kappa shape index (κ3) is 5.65. The number of amides is 1. The smallest absolute Gasteiger partial charge is 0.250 e. The van der Waals surface area contributed by atoms with Crippen molar-refractivity contribution < 1.29 is 18.7 Å². The Bertz CT molecular complexity index is 1140. The van der Waals surface area contributed by atoms with Gasteiger partial charge in [-0.2, -0.15) is 5.10 Å². The molecule has 0 aliphatic rings. The average Bonchev–Trinajstić information content (AvgIpc) is 3.22. The van der Waals surface area contributed by atoms with Crippen LogP contribution in [0.25, 0.3) is 11.4 Å². The number of aromatic nitrogens is 3. The van der Waals surface area contributed by atoms with Crippen LogP contribution in [0.2, 0.25) is 0 Å². The summed E-state index contributed by atoms with van der Waals surface area (Å²) in [5, 5.41) is 12.9. The van der Waals surface area contributed by atoms with Crippen LogP contribution in [0, 0.1) is 5.82 Å². The van der Waals surface area contributed by atoms with Crippen molar-refractivity contribution in [3.05, 3.63) is 52.3 Å². The first-order chi connectivity index (χ1) is 15.5. The molecule has 168 valence electrons. The molecule has 1 amide bonds. The highest BCUT2D eigenvalue weighted by Gasteiger charge is 2.16. The summed E-state index contributed by atoms with van der Waals surface area (Å²) in [5.74, 6) is 1.15. The van der Waals surface area contributed by atoms with Crippen molar-refractivity contribution >= 4 is 39.8 Å². The number of halogens is 2. The molecule has 0 aliphatic carbocycles. The number of methoxy groups -OCH3 is 2. The molecule has 1 N–H and O–H groups in total. The molecule has 0 aliphatic heterocycles. The molecule has 8 nitrogen and oxygen atoms in total. The van der Waals surface area contributed by atoms with Gasteiger partial charge < -0.3 is 14.0 Å². The van der Waals surface area contributed by atoms with Gasteiger partial charge >= 0.3 is 0 Å². The number of nitrogens with one attached hydrogen (secondary N) is 1. The van der Waals surface area contributed by atoms with Gasteiger partial charge in [0.2, 0.25) is 0 Å².